The molecule has 1 fully saturated rings. The smallest absolute Gasteiger partial charge is 0.357 e. The molecule has 2 aliphatic rings. The van der Waals surface area contributed by atoms with Crippen molar-refractivity contribution in [2.45, 2.75) is 11.4 Å². The van der Waals surface area contributed by atoms with E-state index in [9.17, 15) is 9.59 Å². The summed E-state index contributed by atoms with van der Waals surface area (Å²) in [6, 6.07) is -0.556. The molecule has 19 heavy (non-hydrogen) atoms. The third-order valence-electron chi connectivity index (χ3n) is 2.91. The first kappa shape index (κ1) is 14.3. The Morgan fingerprint density at radius 1 is 1.47 bits per heavy atom. The molecule has 7 nitrogen and oxygen atoms in total. The van der Waals surface area contributed by atoms with Gasteiger partial charge in [0, 0.05) is 20.0 Å². The van der Waals surface area contributed by atoms with Gasteiger partial charge in [0.2, 0.25) is 5.91 Å². The van der Waals surface area contributed by atoms with Crippen LogP contribution in [0.2, 0.25) is 0 Å². The number of hydrogen-bond donors (Lipinski definition) is 1. The van der Waals surface area contributed by atoms with Crippen LogP contribution in [0.4, 0.5) is 0 Å². The van der Waals surface area contributed by atoms with Crippen LogP contribution in [0.15, 0.2) is 11.3 Å². The topological polar surface area (TPSA) is 91.1 Å². The predicted octanol–water partition coefficient (Wildman–Crippen LogP) is -0.724. The maximum absolute atomic E-state index is 12.0. The summed E-state index contributed by atoms with van der Waals surface area (Å²) < 4.78 is 14.7. The van der Waals surface area contributed by atoms with Crippen molar-refractivity contribution in [1.82, 2.24) is 4.90 Å². The Morgan fingerprint density at radius 2 is 2.21 bits per heavy atom. The minimum atomic E-state index is -0.584. The largest absolute Gasteiger partial charge is 0.434 e. The highest BCUT2D eigenvalue weighted by molar-refractivity contribution is 8.00. The third kappa shape index (κ3) is 2.48. The van der Waals surface area contributed by atoms with E-state index < -0.39 is 12.0 Å². The van der Waals surface area contributed by atoms with E-state index in [1.807, 2.05) is 0 Å². The van der Waals surface area contributed by atoms with E-state index in [0.29, 0.717) is 5.75 Å². The molecule has 1 amide bonds. The second-order valence-corrected chi connectivity index (χ2v) is 5.26. The zero-order chi connectivity index (χ0) is 14.0. The van der Waals surface area contributed by atoms with Crippen LogP contribution < -0.4 is 5.73 Å². The molecule has 0 aromatic heterocycles. The van der Waals surface area contributed by atoms with Crippen molar-refractivity contribution in [2.75, 3.05) is 33.4 Å². The Hall–Kier alpha value is -1.09. The number of carbonyl (C=O) groups excluding carboxylic acids is 2. The first-order valence-electron chi connectivity index (χ1n) is 5.69. The molecule has 2 atom stereocenters. The van der Waals surface area contributed by atoms with E-state index in [0.717, 1.165) is 5.57 Å². The van der Waals surface area contributed by atoms with Gasteiger partial charge in [-0.05, 0) is 5.57 Å². The van der Waals surface area contributed by atoms with Crippen LogP contribution in [0.1, 0.15) is 0 Å². The van der Waals surface area contributed by atoms with Crippen molar-refractivity contribution in [3.63, 3.8) is 0 Å². The van der Waals surface area contributed by atoms with E-state index >= 15 is 0 Å². The van der Waals surface area contributed by atoms with Crippen molar-refractivity contribution < 1.29 is 23.8 Å². The number of carbonyl (C=O) groups is 2. The van der Waals surface area contributed by atoms with E-state index in [4.69, 9.17) is 19.9 Å². The highest BCUT2D eigenvalue weighted by Crippen LogP contribution is 2.39. The van der Waals surface area contributed by atoms with Gasteiger partial charge in [0.15, 0.2) is 6.79 Å². The molecule has 0 radical (unpaired) electrons. The molecule has 2 N–H and O–H groups in total. The van der Waals surface area contributed by atoms with Crippen LogP contribution in [-0.2, 0) is 23.8 Å². The molecular weight excluding hydrogens is 272 g/mol. The summed E-state index contributed by atoms with van der Waals surface area (Å²) >= 11 is 1.52. The molecular formula is C11H16N2O5S. The lowest BCUT2D eigenvalue weighted by Crippen LogP contribution is -2.68. The lowest BCUT2D eigenvalue weighted by molar-refractivity contribution is -0.157. The third-order valence-corrected chi connectivity index (χ3v) is 4.27. The SMILES string of the molecule is COCOC(=O)C1=C(COC)CS[C@@H]2C(N)C(=O)N12. The molecule has 0 saturated carbocycles. The quantitative estimate of drug-likeness (QED) is 0.405. The molecule has 0 aliphatic carbocycles. The van der Waals surface area contributed by atoms with Crippen molar-refractivity contribution in [2.24, 2.45) is 5.73 Å². The van der Waals surface area contributed by atoms with Crippen LogP contribution in [0.25, 0.3) is 0 Å². The Bertz CT molecular complexity index is 425. The van der Waals surface area contributed by atoms with Gasteiger partial charge in [-0.15, -0.1) is 11.8 Å². The molecule has 2 rings (SSSR count). The van der Waals surface area contributed by atoms with Gasteiger partial charge in [0.25, 0.3) is 0 Å². The summed E-state index contributed by atoms with van der Waals surface area (Å²) in [5.41, 5.74) is 6.69. The van der Waals surface area contributed by atoms with Crippen LogP contribution >= 0.6 is 11.8 Å². The molecule has 1 saturated heterocycles. The van der Waals surface area contributed by atoms with E-state index in [1.54, 1.807) is 0 Å². The molecule has 0 spiro atoms. The second kappa shape index (κ2) is 5.91. The van der Waals surface area contributed by atoms with Gasteiger partial charge in [0.05, 0.1) is 6.61 Å². The summed E-state index contributed by atoms with van der Waals surface area (Å²) in [6.45, 7) is 0.116. The van der Waals surface area contributed by atoms with Crippen molar-refractivity contribution in [1.29, 1.82) is 0 Å². The van der Waals surface area contributed by atoms with Crippen LogP contribution in [0.5, 0.6) is 0 Å². The first-order valence-corrected chi connectivity index (χ1v) is 6.74. The maximum Gasteiger partial charge on any atom is 0.357 e. The zero-order valence-electron chi connectivity index (χ0n) is 10.8. The second-order valence-electron chi connectivity index (χ2n) is 4.16. The number of thioether (sulfide) groups is 1. The van der Waals surface area contributed by atoms with Crippen LogP contribution in [0.3, 0.4) is 0 Å². The first-order chi connectivity index (χ1) is 9.11. The normalized spacial score (nSPS) is 26.1. The van der Waals surface area contributed by atoms with Gasteiger partial charge in [-0.25, -0.2) is 4.79 Å². The fourth-order valence-electron chi connectivity index (χ4n) is 2.03. The number of rotatable bonds is 5. The number of fused-ring (bicyclic) bond motifs is 1. The highest BCUT2D eigenvalue weighted by atomic mass is 32.2. The molecule has 0 aromatic rings. The maximum atomic E-state index is 12.0. The zero-order valence-corrected chi connectivity index (χ0v) is 11.6. The molecule has 0 aromatic carbocycles. The number of nitrogens with two attached hydrogens (primary N) is 1. The summed E-state index contributed by atoms with van der Waals surface area (Å²) in [7, 11) is 2.95. The van der Waals surface area contributed by atoms with Gasteiger partial charge in [-0.1, -0.05) is 0 Å². The minimum absolute atomic E-state index is 0.158. The number of amides is 1. The monoisotopic (exact) mass is 288 g/mol. The van der Waals surface area contributed by atoms with Gasteiger partial charge in [0.1, 0.15) is 17.1 Å². The standard InChI is InChI=1S/C11H16N2O5S/c1-16-3-6-4-19-10-7(12)9(14)13(10)8(6)11(15)18-5-17-2/h7,10H,3-5,12H2,1-2H3/t7?,10-/m1/s1. The van der Waals surface area contributed by atoms with Gasteiger partial charge in [-0.2, -0.15) is 0 Å². The Balaban J connectivity index is 2.24. The molecule has 2 aliphatic heterocycles. The van der Waals surface area contributed by atoms with Crippen molar-refractivity contribution in [3.05, 3.63) is 11.3 Å². The highest BCUT2D eigenvalue weighted by Gasteiger charge is 2.51. The summed E-state index contributed by atoms with van der Waals surface area (Å²) in [5, 5.41) is -0.196. The average molecular weight is 288 g/mol. The Kier molecular flexibility index (Phi) is 4.46. The lowest BCUT2D eigenvalue weighted by Gasteiger charge is -2.48. The summed E-state index contributed by atoms with van der Waals surface area (Å²) in [4.78, 5) is 25.2. The van der Waals surface area contributed by atoms with Crippen molar-refractivity contribution in [3.8, 4) is 0 Å². The minimum Gasteiger partial charge on any atom is -0.434 e. The Labute approximate surface area is 115 Å². The number of hydrogen-bond acceptors (Lipinski definition) is 7. The van der Waals surface area contributed by atoms with E-state index in [-0.39, 0.29) is 30.4 Å². The van der Waals surface area contributed by atoms with Gasteiger partial charge < -0.3 is 19.9 Å². The molecule has 1 unspecified atom stereocenters. The number of nitrogens with zero attached hydrogens (tertiary/aromatic N) is 1. The summed E-state index contributed by atoms with van der Waals surface area (Å²) in [6.07, 6.45) is 0. The number of esters is 1. The number of methoxy groups -OCH3 is 2. The fraction of sp³-hybridized carbons (Fsp3) is 0.636. The summed E-state index contributed by atoms with van der Waals surface area (Å²) in [5.74, 6) is -0.262. The van der Waals surface area contributed by atoms with Gasteiger partial charge >= 0.3 is 5.97 Å². The van der Waals surface area contributed by atoms with Crippen LogP contribution in [-0.4, -0.2) is 61.6 Å². The number of ether oxygens (including phenoxy) is 3. The van der Waals surface area contributed by atoms with Crippen LogP contribution in [0, 0.1) is 0 Å². The molecule has 106 valence electrons. The Morgan fingerprint density at radius 3 is 2.84 bits per heavy atom. The van der Waals surface area contributed by atoms with E-state index in [2.05, 4.69) is 0 Å². The fourth-order valence-corrected chi connectivity index (χ4v) is 3.31. The molecule has 0 bridgehead atoms. The molecule has 8 heteroatoms. The number of β-lactam (4-membered cyclic amide) rings is 1. The van der Waals surface area contributed by atoms with E-state index in [1.165, 1.54) is 30.9 Å². The predicted molar refractivity (Wildman–Crippen MR) is 67.9 cm³/mol. The van der Waals surface area contributed by atoms with Crippen molar-refractivity contribution >= 4 is 23.6 Å². The average Bonchev–Trinajstić information content (AvgIpc) is 2.43. The molecule has 2 heterocycles. The van der Waals surface area contributed by atoms with Gasteiger partial charge in [-0.3, -0.25) is 9.69 Å². The lowest BCUT2D eigenvalue weighted by atomic mass is 10.0.